The highest BCUT2D eigenvalue weighted by Gasteiger charge is 2.34. The van der Waals surface area contributed by atoms with Crippen LogP contribution in [0.1, 0.15) is 41.0 Å². The first kappa shape index (κ1) is 14.6. The van der Waals surface area contributed by atoms with Crippen molar-refractivity contribution in [3.05, 3.63) is 10.6 Å². The standard InChI is InChI=1S/C13H22BrNO2/c1-12(2,3)17-11(16)15-7-6-10(8-14)13(4,5)9-15/h8H,6-7,9H2,1-5H3/b10-8+. The molecule has 1 aliphatic heterocycles. The number of hydrogen-bond acceptors (Lipinski definition) is 2. The van der Waals surface area contributed by atoms with Gasteiger partial charge in [-0.3, -0.25) is 0 Å². The zero-order valence-electron chi connectivity index (χ0n) is 11.3. The van der Waals surface area contributed by atoms with E-state index in [9.17, 15) is 4.79 Å². The lowest BCUT2D eigenvalue weighted by Crippen LogP contribution is -2.46. The Balaban J connectivity index is 2.68. The lowest BCUT2D eigenvalue weighted by molar-refractivity contribution is 0.0157. The highest BCUT2D eigenvalue weighted by atomic mass is 79.9. The molecule has 0 radical (unpaired) electrons. The predicted octanol–water partition coefficient (Wildman–Crippen LogP) is 3.93. The Labute approximate surface area is 112 Å². The summed E-state index contributed by atoms with van der Waals surface area (Å²) in [6, 6.07) is 0. The molecule has 1 aliphatic rings. The number of rotatable bonds is 0. The van der Waals surface area contributed by atoms with Gasteiger partial charge in [0.2, 0.25) is 0 Å². The Morgan fingerprint density at radius 3 is 2.47 bits per heavy atom. The summed E-state index contributed by atoms with van der Waals surface area (Å²) in [6.07, 6.45) is 0.691. The molecule has 0 N–H and O–H groups in total. The van der Waals surface area contributed by atoms with Gasteiger partial charge in [0.05, 0.1) is 0 Å². The molecule has 1 heterocycles. The molecule has 0 atom stereocenters. The second-order valence-corrected chi connectivity index (χ2v) is 6.63. The number of halogens is 1. The van der Waals surface area contributed by atoms with Gasteiger partial charge in [-0.25, -0.2) is 4.79 Å². The molecule has 0 aliphatic carbocycles. The maximum absolute atomic E-state index is 12.0. The molecule has 98 valence electrons. The quantitative estimate of drug-likeness (QED) is 0.678. The maximum atomic E-state index is 12.0. The third-order valence-corrected chi connectivity index (χ3v) is 3.44. The van der Waals surface area contributed by atoms with Gasteiger partial charge in [0.15, 0.2) is 0 Å². The van der Waals surface area contributed by atoms with Crippen molar-refractivity contribution in [2.24, 2.45) is 5.41 Å². The number of ether oxygens (including phenoxy) is 1. The van der Waals surface area contributed by atoms with Crippen LogP contribution in [0.2, 0.25) is 0 Å². The van der Waals surface area contributed by atoms with Crippen molar-refractivity contribution >= 4 is 22.0 Å². The van der Waals surface area contributed by atoms with Crippen LogP contribution in [0.3, 0.4) is 0 Å². The van der Waals surface area contributed by atoms with Crippen LogP contribution in [0.5, 0.6) is 0 Å². The summed E-state index contributed by atoms with van der Waals surface area (Å²) in [5.41, 5.74) is 0.933. The van der Waals surface area contributed by atoms with E-state index in [-0.39, 0.29) is 11.5 Å². The summed E-state index contributed by atoms with van der Waals surface area (Å²) < 4.78 is 5.40. The van der Waals surface area contributed by atoms with Crippen molar-refractivity contribution in [2.75, 3.05) is 13.1 Å². The molecular weight excluding hydrogens is 282 g/mol. The first-order valence-corrected chi connectivity index (χ1v) is 6.85. The monoisotopic (exact) mass is 303 g/mol. The fourth-order valence-corrected chi connectivity index (χ4v) is 2.78. The fourth-order valence-electron chi connectivity index (χ4n) is 1.94. The van der Waals surface area contributed by atoms with Gasteiger partial charge in [-0.1, -0.05) is 35.4 Å². The Morgan fingerprint density at radius 1 is 1.47 bits per heavy atom. The minimum absolute atomic E-state index is 0.0126. The van der Waals surface area contributed by atoms with Crippen LogP contribution < -0.4 is 0 Å². The largest absolute Gasteiger partial charge is 0.444 e. The van der Waals surface area contributed by atoms with Crippen LogP contribution >= 0.6 is 15.9 Å². The number of amides is 1. The molecule has 1 amide bonds. The molecule has 0 aromatic heterocycles. The maximum Gasteiger partial charge on any atom is 0.410 e. The van der Waals surface area contributed by atoms with E-state index in [0.717, 1.165) is 13.0 Å². The van der Waals surface area contributed by atoms with Gasteiger partial charge < -0.3 is 9.64 Å². The van der Waals surface area contributed by atoms with Gasteiger partial charge in [-0.05, 0) is 32.2 Å². The number of carbonyl (C=O) groups is 1. The minimum atomic E-state index is -0.424. The fraction of sp³-hybridized carbons (Fsp3) is 0.769. The molecule has 17 heavy (non-hydrogen) atoms. The zero-order valence-corrected chi connectivity index (χ0v) is 12.9. The number of likely N-dealkylation sites (tertiary alicyclic amines) is 1. The molecule has 0 aromatic rings. The Morgan fingerprint density at radius 2 is 2.06 bits per heavy atom. The summed E-state index contributed by atoms with van der Waals surface area (Å²) >= 11 is 3.40. The van der Waals surface area contributed by atoms with Crippen molar-refractivity contribution in [1.82, 2.24) is 4.90 Å². The molecule has 0 unspecified atom stereocenters. The van der Waals surface area contributed by atoms with Crippen LogP contribution in [-0.2, 0) is 4.74 Å². The number of hydrogen-bond donors (Lipinski definition) is 0. The van der Waals surface area contributed by atoms with E-state index >= 15 is 0 Å². The number of nitrogens with zero attached hydrogens (tertiary/aromatic N) is 1. The highest BCUT2D eigenvalue weighted by Crippen LogP contribution is 2.35. The van der Waals surface area contributed by atoms with Crippen LogP contribution in [0.15, 0.2) is 10.6 Å². The molecule has 3 nitrogen and oxygen atoms in total. The van der Waals surface area contributed by atoms with Crippen molar-refractivity contribution < 1.29 is 9.53 Å². The topological polar surface area (TPSA) is 29.5 Å². The third kappa shape index (κ3) is 4.02. The van der Waals surface area contributed by atoms with E-state index in [0.29, 0.717) is 6.54 Å². The smallest absolute Gasteiger partial charge is 0.410 e. The normalized spacial score (nSPS) is 22.7. The molecule has 1 saturated heterocycles. The first-order chi connectivity index (χ1) is 7.65. The van der Waals surface area contributed by atoms with Crippen molar-refractivity contribution in [2.45, 2.75) is 46.6 Å². The lowest BCUT2D eigenvalue weighted by atomic mass is 9.80. The molecule has 0 aromatic carbocycles. The van der Waals surface area contributed by atoms with E-state index in [1.54, 1.807) is 4.90 Å². The average molecular weight is 304 g/mol. The summed E-state index contributed by atoms with van der Waals surface area (Å²) in [4.78, 5) is 15.8. The van der Waals surface area contributed by atoms with Gasteiger partial charge in [0.1, 0.15) is 5.60 Å². The number of carbonyl (C=O) groups excluding carboxylic acids is 1. The van der Waals surface area contributed by atoms with E-state index in [1.807, 2.05) is 25.8 Å². The first-order valence-electron chi connectivity index (χ1n) is 5.93. The predicted molar refractivity (Wildman–Crippen MR) is 73.2 cm³/mol. The van der Waals surface area contributed by atoms with Crippen LogP contribution in [0, 0.1) is 5.41 Å². The molecule has 4 heteroatoms. The second-order valence-electron chi connectivity index (χ2n) is 6.17. The van der Waals surface area contributed by atoms with Crippen LogP contribution in [-0.4, -0.2) is 29.7 Å². The SMILES string of the molecule is CC(C)(C)OC(=O)N1CC/C(=C\Br)C(C)(C)C1. The van der Waals surface area contributed by atoms with Gasteiger partial charge in [0.25, 0.3) is 0 Å². The molecular formula is C13H22BrNO2. The Bertz CT molecular complexity index is 329. The molecule has 1 fully saturated rings. The lowest BCUT2D eigenvalue weighted by Gasteiger charge is -2.40. The van der Waals surface area contributed by atoms with E-state index in [2.05, 4.69) is 29.8 Å². The summed E-state index contributed by atoms with van der Waals surface area (Å²) in [5.74, 6) is 0. The summed E-state index contributed by atoms with van der Waals surface area (Å²) in [5, 5.41) is 0. The summed E-state index contributed by atoms with van der Waals surface area (Å²) in [7, 11) is 0. The van der Waals surface area contributed by atoms with Crippen LogP contribution in [0.4, 0.5) is 4.79 Å². The van der Waals surface area contributed by atoms with E-state index in [1.165, 1.54) is 5.57 Å². The molecule has 0 spiro atoms. The van der Waals surface area contributed by atoms with Crippen LogP contribution in [0.25, 0.3) is 0 Å². The Hall–Kier alpha value is -0.510. The molecule has 1 rings (SSSR count). The molecule has 0 bridgehead atoms. The van der Waals surface area contributed by atoms with Crippen molar-refractivity contribution in [1.29, 1.82) is 0 Å². The summed E-state index contributed by atoms with van der Waals surface area (Å²) in [6.45, 7) is 11.4. The van der Waals surface area contributed by atoms with Crippen molar-refractivity contribution in [3.8, 4) is 0 Å². The van der Waals surface area contributed by atoms with Gasteiger partial charge in [-0.2, -0.15) is 0 Å². The zero-order chi connectivity index (χ0) is 13.3. The van der Waals surface area contributed by atoms with Gasteiger partial charge in [0, 0.05) is 18.5 Å². The van der Waals surface area contributed by atoms with E-state index < -0.39 is 5.60 Å². The molecule has 0 saturated carbocycles. The van der Waals surface area contributed by atoms with Crippen molar-refractivity contribution in [3.63, 3.8) is 0 Å². The van der Waals surface area contributed by atoms with E-state index in [4.69, 9.17) is 4.74 Å². The number of piperidine rings is 1. The average Bonchev–Trinajstić information content (AvgIpc) is 2.13. The van der Waals surface area contributed by atoms with Gasteiger partial charge >= 0.3 is 6.09 Å². The highest BCUT2D eigenvalue weighted by molar-refractivity contribution is 9.11. The van der Waals surface area contributed by atoms with Gasteiger partial charge in [-0.15, -0.1) is 0 Å². The minimum Gasteiger partial charge on any atom is -0.444 e. The Kier molecular flexibility index (Phi) is 4.28. The third-order valence-electron chi connectivity index (χ3n) is 2.89. The second kappa shape index (κ2) is 5.01.